The van der Waals surface area contributed by atoms with Crippen LogP contribution in [-0.4, -0.2) is 29.9 Å². The summed E-state index contributed by atoms with van der Waals surface area (Å²) < 4.78 is 26.1. The van der Waals surface area contributed by atoms with E-state index in [9.17, 15) is 14.4 Å². The molecule has 0 unspecified atom stereocenters. The second-order valence-electron chi connectivity index (χ2n) is 9.36. The number of cyclic esters (lactones) is 1. The van der Waals surface area contributed by atoms with Crippen LogP contribution in [0.4, 0.5) is 4.39 Å². The van der Waals surface area contributed by atoms with Crippen molar-refractivity contribution in [1.82, 2.24) is 0 Å². The number of ketones is 1. The van der Waals surface area contributed by atoms with Gasteiger partial charge in [0.05, 0.1) is 0 Å². The normalized spacial score (nSPS) is 44.3. The number of esters is 2. The smallest absolute Gasteiger partial charge is 0.331 e. The van der Waals surface area contributed by atoms with Crippen LogP contribution in [0.2, 0.25) is 0 Å². The van der Waals surface area contributed by atoms with Gasteiger partial charge in [-0.1, -0.05) is 13.8 Å². The van der Waals surface area contributed by atoms with Crippen molar-refractivity contribution in [3.8, 4) is 0 Å². The molecule has 4 rings (SSSR count). The molecule has 3 aliphatic carbocycles. The molecule has 2 fully saturated rings. The molecule has 5 nitrogen and oxygen atoms in total. The van der Waals surface area contributed by atoms with Gasteiger partial charge >= 0.3 is 11.9 Å². The Kier molecular flexibility index (Phi) is 4.15. The predicted molar refractivity (Wildman–Crippen MR) is 98.6 cm³/mol. The SMILES string of the molecule is CC(=O)O[C@]1(C(C)=O)CC[C@H]2[C@@H]3C=C(F)C4=CC(=O)OC[C@]4(C)[C@H]3CC[C@@]21C. The van der Waals surface area contributed by atoms with Crippen molar-refractivity contribution in [3.63, 3.8) is 0 Å². The summed E-state index contributed by atoms with van der Waals surface area (Å²) in [5, 5.41) is 0. The minimum Gasteiger partial charge on any atom is -0.462 e. The fraction of sp³-hybridized carbons (Fsp3) is 0.682. The molecule has 4 aliphatic rings. The van der Waals surface area contributed by atoms with Crippen LogP contribution < -0.4 is 0 Å². The van der Waals surface area contributed by atoms with Gasteiger partial charge < -0.3 is 9.47 Å². The molecule has 152 valence electrons. The Morgan fingerprint density at radius 2 is 1.86 bits per heavy atom. The largest absolute Gasteiger partial charge is 0.462 e. The van der Waals surface area contributed by atoms with Gasteiger partial charge in [-0.05, 0) is 56.4 Å². The number of hydrogen-bond acceptors (Lipinski definition) is 5. The summed E-state index contributed by atoms with van der Waals surface area (Å²) in [4.78, 5) is 36.2. The van der Waals surface area contributed by atoms with Crippen molar-refractivity contribution in [2.24, 2.45) is 28.6 Å². The summed E-state index contributed by atoms with van der Waals surface area (Å²) >= 11 is 0. The molecule has 6 heteroatoms. The van der Waals surface area contributed by atoms with Crippen LogP contribution in [0.15, 0.2) is 23.6 Å². The zero-order valence-electron chi connectivity index (χ0n) is 16.8. The van der Waals surface area contributed by atoms with Crippen LogP contribution in [0.25, 0.3) is 0 Å². The monoisotopic (exact) mass is 390 g/mol. The van der Waals surface area contributed by atoms with Crippen LogP contribution in [0.5, 0.6) is 0 Å². The third-order valence-electron chi connectivity index (χ3n) is 8.15. The zero-order chi connectivity index (χ0) is 20.5. The lowest BCUT2D eigenvalue weighted by Crippen LogP contribution is -2.58. The molecular formula is C22H27FO5. The van der Waals surface area contributed by atoms with E-state index in [-0.39, 0.29) is 36.0 Å². The molecule has 2 saturated carbocycles. The molecule has 0 aromatic rings. The summed E-state index contributed by atoms with van der Waals surface area (Å²) in [7, 11) is 0. The highest BCUT2D eigenvalue weighted by Gasteiger charge is 2.68. The number of Topliss-reactive ketones (excluding diaryl/α,β-unsaturated/α-hetero) is 1. The minimum absolute atomic E-state index is 0.0243. The van der Waals surface area contributed by atoms with E-state index in [0.29, 0.717) is 24.8 Å². The second kappa shape index (κ2) is 6.01. The minimum atomic E-state index is -1.14. The molecule has 0 aromatic heterocycles. The third kappa shape index (κ3) is 2.32. The first kappa shape index (κ1) is 19.3. The van der Waals surface area contributed by atoms with E-state index >= 15 is 4.39 Å². The fourth-order valence-corrected chi connectivity index (χ4v) is 6.76. The number of fused-ring (bicyclic) bond motifs is 5. The quantitative estimate of drug-likeness (QED) is 0.673. The average Bonchev–Trinajstić information content (AvgIpc) is 2.90. The number of ether oxygens (including phenoxy) is 2. The van der Waals surface area contributed by atoms with E-state index in [2.05, 4.69) is 0 Å². The molecular weight excluding hydrogens is 363 g/mol. The van der Waals surface area contributed by atoms with Crippen LogP contribution >= 0.6 is 0 Å². The van der Waals surface area contributed by atoms with E-state index in [1.165, 1.54) is 19.9 Å². The molecule has 0 spiro atoms. The van der Waals surface area contributed by atoms with Crippen LogP contribution in [-0.2, 0) is 23.9 Å². The first-order valence-corrected chi connectivity index (χ1v) is 10.0. The van der Waals surface area contributed by atoms with E-state index < -0.39 is 28.4 Å². The third-order valence-corrected chi connectivity index (χ3v) is 8.15. The van der Waals surface area contributed by atoms with Gasteiger partial charge in [-0.2, -0.15) is 0 Å². The highest BCUT2D eigenvalue weighted by Crippen LogP contribution is 2.67. The number of halogens is 1. The molecule has 28 heavy (non-hydrogen) atoms. The molecule has 6 atom stereocenters. The zero-order valence-corrected chi connectivity index (χ0v) is 16.8. The highest BCUT2D eigenvalue weighted by molar-refractivity contribution is 5.89. The van der Waals surface area contributed by atoms with Crippen molar-refractivity contribution in [2.75, 3.05) is 6.61 Å². The van der Waals surface area contributed by atoms with Gasteiger partial charge in [-0.15, -0.1) is 0 Å². The maximum atomic E-state index is 15.1. The predicted octanol–water partition coefficient (Wildman–Crippen LogP) is 3.68. The topological polar surface area (TPSA) is 69.7 Å². The van der Waals surface area contributed by atoms with Gasteiger partial charge in [-0.3, -0.25) is 9.59 Å². The van der Waals surface area contributed by atoms with E-state index in [0.717, 1.165) is 6.42 Å². The van der Waals surface area contributed by atoms with Gasteiger partial charge in [0.25, 0.3) is 0 Å². The maximum Gasteiger partial charge on any atom is 0.331 e. The Hall–Kier alpha value is -1.98. The lowest BCUT2D eigenvalue weighted by molar-refractivity contribution is -0.185. The van der Waals surface area contributed by atoms with Crippen molar-refractivity contribution >= 4 is 17.7 Å². The number of hydrogen-bond donors (Lipinski definition) is 0. The summed E-state index contributed by atoms with van der Waals surface area (Å²) in [6, 6.07) is 0. The van der Waals surface area contributed by atoms with Crippen LogP contribution in [0.1, 0.15) is 53.4 Å². The Balaban J connectivity index is 1.79. The lowest BCUT2D eigenvalue weighted by Gasteiger charge is -2.56. The van der Waals surface area contributed by atoms with Gasteiger partial charge in [0.2, 0.25) is 0 Å². The molecule has 0 aromatic carbocycles. The summed E-state index contributed by atoms with van der Waals surface area (Å²) in [5.41, 5.74) is -1.81. The van der Waals surface area contributed by atoms with Gasteiger partial charge in [0.15, 0.2) is 11.4 Å². The van der Waals surface area contributed by atoms with Crippen molar-refractivity contribution in [3.05, 3.63) is 23.6 Å². The van der Waals surface area contributed by atoms with Gasteiger partial charge in [0, 0.05) is 29.4 Å². The van der Waals surface area contributed by atoms with Crippen molar-refractivity contribution < 1.29 is 28.2 Å². The molecule has 0 radical (unpaired) electrons. The summed E-state index contributed by atoms with van der Waals surface area (Å²) in [6.07, 6.45) is 5.55. The van der Waals surface area contributed by atoms with Crippen molar-refractivity contribution in [2.45, 2.75) is 59.0 Å². The summed E-state index contributed by atoms with van der Waals surface area (Å²) in [6.45, 7) is 6.98. The lowest BCUT2D eigenvalue weighted by atomic mass is 9.49. The number of allylic oxidation sites excluding steroid dienone is 2. The van der Waals surface area contributed by atoms with Gasteiger partial charge in [-0.25, -0.2) is 9.18 Å². The van der Waals surface area contributed by atoms with Gasteiger partial charge in [0.1, 0.15) is 12.4 Å². The van der Waals surface area contributed by atoms with Crippen LogP contribution in [0.3, 0.4) is 0 Å². The Labute approximate surface area is 164 Å². The molecule has 0 bridgehead atoms. The molecule has 1 aliphatic heterocycles. The number of carbonyl (C=O) groups excluding carboxylic acids is 3. The molecule has 0 amide bonds. The first-order valence-electron chi connectivity index (χ1n) is 10.0. The Morgan fingerprint density at radius 1 is 1.18 bits per heavy atom. The van der Waals surface area contributed by atoms with E-state index in [4.69, 9.17) is 9.47 Å². The average molecular weight is 390 g/mol. The van der Waals surface area contributed by atoms with E-state index in [1.807, 2.05) is 13.8 Å². The molecule has 0 saturated heterocycles. The maximum absolute atomic E-state index is 15.1. The number of rotatable bonds is 2. The molecule has 1 heterocycles. The number of carbonyl (C=O) groups is 3. The van der Waals surface area contributed by atoms with Crippen LogP contribution in [0, 0.1) is 28.6 Å². The first-order chi connectivity index (χ1) is 13.0. The van der Waals surface area contributed by atoms with E-state index in [1.54, 1.807) is 6.08 Å². The fourth-order valence-electron chi connectivity index (χ4n) is 6.76. The second-order valence-corrected chi connectivity index (χ2v) is 9.36. The highest BCUT2D eigenvalue weighted by atomic mass is 19.1. The Morgan fingerprint density at radius 3 is 2.50 bits per heavy atom. The van der Waals surface area contributed by atoms with Crippen molar-refractivity contribution in [1.29, 1.82) is 0 Å². The standard InChI is InChI=1S/C22H27FO5/c1-12(24)22(28-13(2)25)8-6-16-14-9-18(23)17-10-19(26)27-11-20(17,3)15(14)5-7-21(16,22)4/h9-10,14-16H,5-8,11H2,1-4H3/t14-,15+,16+,20-,21+,22+/m1/s1. The molecule has 0 N–H and O–H groups in total. The summed E-state index contributed by atoms with van der Waals surface area (Å²) in [5.74, 6) is -1.40. The Bertz CT molecular complexity index is 829.